The highest BCUT2D eigenvalue weighted by Gasteiger charge is 2.20. The lowest BCUT2D eigenvalue weighted by Gasteiger charge is -2.20. The summed E-state index contributed by atoms with van der Waals surface area (Å²) in [7, 11) is 0. The summed E-state index contributed by atoms with van der Waals surface area (Å²) in [5.74, 6) is -0.249. The van der Waals surface area contributed by atoms with Gasteiger partial charge in [-0.3, -0.25) is 4.79 Å². The van der Waals surface area contributed by atoms with E-state index < -0.39 is 12.2 Å². The van der Waals surface area contributed by atoms with Crippen LogP contribution in [-0.4, -0.2) is 23.3 Å². The molecule has 1 N–H and O–H groups in total. The van der Waals surface area contributed by atoms with Crippen LogP contribution in [0.5, 0.6) is 0 Å². The quantitative estimate of drug-likeness (QED) is 0.448. The van der Waals surface area contributed by atoms with Crippen LogP contribution in [0.3, 0.4) is 0 Å². The van der Waals surface area contributed by atoms with E-state index in [2.05, 4.69) is 25.2 Å². The normalized spacial score (nSPS) is 24.2. The molecule has 3 heteroatoms. The van der Waals surface area contributed by atoms with Gasteiger partial charge in [-0.05, 0) is 38.2 Å². The predicted molar refractivity (Wildman–Crippen MR) is 95.0 cm³/mol. The second-order valence-corrected chi connectivity index (χ2v) is 5.43. The molecule has 0 spiro atoms. The molecular weight excluding hydrogens is 288 g/mol. The molecule has 0 bridgehead atoms. The van der Waals surface area contributed by atoms with Crippen molar-refractivity contribution in [3.8, 4) is 0 Å². The molecule has 0 amide bonds. The van der Waals surface area contributed by atoms with E-state index in [0.29, 0.717) is 12.8 Å². The van der Waals surface area contributed by atoms with Gasteiger partial charge in [-0.15, -0.1) is 0 Å². The summed E-state index contributed by atoms with van der Waals surface area (Å²) in [6.07, 6.45) is 22.8. The Bertz CT molecular complexity index is 469. The van der Waals surface area contributed by atoms with E-state index in [4.69, 9.17) is 4.74 Å². The number of cyclic esters (lactones) is 1. The van der Waals surface area contributed by atoms with Crippen molar-refractivity contribution in [3.63, 3.8) is 0 Å². The Kier molecular flexibility index (Phi) is 10.5. The molecule has 1 aliphatic heterocycles. The van der Waals surface area contributed by atoms with Crippen LogP contribution in [0.4, 0.5) is 0 Å². The van der Waals surface area contributed by atoms with Gasteiger partial charge in [0.05, 0.1) is 6.10 Å². The van der Waals surface area contributed by atoms with Crippen molar-refractivity contribution in [3.05, 3.63) is 60.8 Å². The van der Waals surface area contributed by atoms with Crippen LogP contribution < -0.4 is 0 Å². The highest BCUT2D eigenvalue weighted by molar-refractivity contribution is 5.69. The maximum Gasteiger partial charge on any atom is 0.306 e. The number of aliphatic hydroxyl groups is 1. The van der Waals surface area contributed by atoms with Crippen molar-refractivity contribution in [1.29, 1.82) is 0 Å². The fraction of sp³-hybridized carbons (Fsp3) is 0.450. The lowest BCUT2D eigenvalue weighted by Crippen LogP contribution is -2.29. The van der Waals surface area contributed by atoms with Gasteiger partial charge in [-0.1, -0.05) is 61.6 Å². The number of rotatable bonds is 6. The van der Waals surface area contributed by atoms with Crippen molar-refractivity contribution < 1.29 is 14.6 Å². The summed E-state index contributed by atoms with van der Waals surface area (Å²) in [6.45, 7) is 2.11. The molecule has 23 heavy (non-hydrogen) atoms. The lowest BCUT2D eigenvalue weighted by molar-refractivity contribution is -0.151. The van der Waals surface area contributed by atoms with Crippen molar-refractivity contribution in [1.82, 2.24) is 0 Å². The lowest BCUT2D eigenvalue weighted by atomic mass is 10.1. The Balaban J connectivity index is 2.49. The Morgan fingerprint density at radius 2 is 2.00 bits per heavy atom. The van der Waals surface area contributed by atoms with Crippen molar-refractivity contribution in [2.45, 2.75) is 57.7 Å². The minimum absolute atomic E-state index is 0.249. The minimum atomic E-state index is -0.701. The van der Waals surface area contributed by atoms with E-state index in [9.17, 15) is 9.90 Å². The molecule has 3 nitrogen and oxygen atoms in total. The van der Waals surface area contributed by atoms with E-state index >= 15 is 0 Å². The van der Waals surface area contributed by atoms with Gasteiger partial charge < -0.3 is 9.84 Å². The second kappa shape index (κ2) is 12.7. The fourth-order valence-corrected chi connectivity index (χ4v) is 2.11. The van der Waals surface area contributed by atoms with Crippen LogP contribution in [0, 0.1) is 0 Å². The standard InChI is InChI=1S/C20H28O3/c1-2-3-4-5-6-7-8-9-13-16-19-18(21)15-12-10-11-14-17-20(22)23-19/h3-4,6-10,12-13,16,18-19,21H,2,5,11,14-15,17H2,1H3. The summed E-state index contributed by atoms with van der Waals surface area (Å²) in [6, 6.07) is 0. The third-order valence-corrected chi connectivity index (χ3v) is 3.39. The van der Waals surface area contributed by atoms with Crippen LogP contribution in [0.2, 0.25) is 0 Å². The average molecular weight is 316 g/mol. The average Bonchev–Trinajstić information content (AvgIpc) is 2.54. The molecule has 0 aromatic heterocycles. The molecule has 0 aliphatic carbocycles. The van der Waals surface area contributed by atoms with Gasteiger partial charge in [0.1, 0.15) is 6.10 Å². The minimum Gasteiger partial charge on any atom is -0.455 e. The first kappa shape index (κ1) is 19.2. The number of allylic oxidation sites excluding steroid dienone is 8. The molecule has 1 heterocycles. The maximum atomic E-state index is 11.7. The summed E-state index contributed by atoms with van der Waals surface area (Å²) in [4.78, 5) is 11.7. The van der Waals surface area contributed by atoms with Crippen LogP contribution in [0.15, 0.2) is 60.8 Å². The van der Waals surface area contributed by atoms with Crippen LogP contribution in [0.25, 0.3) is 0 Å². The maximum absolute atomic E-state index is 11.7. The van der Waals surface area contributed by atoms with E-state index in [1.54, 1.807) is 6.08 Å². The van der Waals surface area contributed by atoms with E-state index in [0.717, 1.165) is 25.7 Å². The number of aliphatic hydroxyl groups excluding tert-OH is 1. The first-order valence-corrected chi connectivity index (χ1v) is 8.41. The Hall–Kier alpha value is -1.87. The number of ether oxygens (including phenoxy) is 1. The Morgan fingerprint density at radius 1 is 1.17 bits per heavy atom. The third-order valence-electron chi connectivity index (χ3n) is 3.39. The molecule has 0 radical (unpaired) electrons. The van der Waals surface area contributed by atoms with Crippen LogP contribution >= 0.6 is 0 Å². The predicted octanol–water partition coefficient (Wildman–Crippen LogP) is 4.41. The van der Waals surface area contributed by atoms with Gasteiger partial charge >= 0.3 is 5.97 Å². The Labute approximate surface area is 139 Å². The van der Waals surface area contributed by atoms with Crippen molar-refractivity contribution >= 4 is 5.97 Å². The summed E-state index contributed by atoms with van der Waals surface area (Å²) < 4.78 is 5.34. The molecule has 0 aromatic carbocycles. The number of carbonyl (C=O) groups excluding carboxylic acids is 1. The monoisotopic (exact) mass is 316 g/mol. The molecule has 1 aliphatic rings. The van der Waals surface area contributed by atoms with Gasteiger partial charge in [0.2, 0.25) is 0 Å². The first-order chi connectivity index (χ1) is 11.2. The topological polar surface area (TPSA) is 46.5 Å². The van der Waals surface area contributed by atoms with Crippen LogP contribution in [0.1, 0.15) is 45.4 Å². The van der Waals surface area contributed by atoms with Gasteiger partial charge in [-0.2, -0.15) is 0 Å². The highest BCUT2D eigenvalue weighted by atomic mass is 16.6. The Morgan fingerprint density at radius 3 is 2.83 bits per heavy atom. The van der Waals surface area contributed by atoms with Crippen LogP contribution in [-0.2, 0) is 9.53 Å². The third kappa shape index (κ3) is 9.69. The number of carbonyl (C=O) groups is 1. The zero-order chi connectivity index (χ0) is 16.8. The molecule has 0 aromatic rings. The van der Waals surface area contributed by atoms with Gasteiger partial charge in [0.25, 0.3) is 0 Å². The fourth-order valence-electron chi connectivity index (χ4n) is 2.11. The SMILES string of the molecule is CCC=CCC=CC=CC=CC1OC(=O)CCCC=CCC1O. The largest absolute Gasteiger partial charge is 0.455 e. The molecule has 2 atom stereocenters. The van der Waals surface area contributed by atoms with Gasteiger partial charge in [0, 0.05) is 6.42 Å². The molecule has 0 fully saturated rings. The zero-order valence-electron chi connectivity index (χ0n) is 13.9. The zero-order valence-corrected chi connectivity index (χ0v) is 13.9. The van der Waals surface area contributed by atoms with Gasteiger partial charge in [0.15, 0.2) is 0 Å². The molecule has 0 saturated carbocycles. The second-order valence-electron chi connectivity index (χ2n) is 5.43. The molecule has 1 rings (SSSR count). The summed E-state index contributed by atoms with van der Waals surface area (Å²) in [5.41, 5.74) is 0. The smallest absolute Gasteiger partial charge is 0.306 e. The number of hydrogen-bond donors (Lipinski definition) is 1. The molecular formula is C20H28O3. The van der Waals surface area contributed by atoms with Crippen molar-refractivity contribution in [2.24, 2.45) is 0 Å². The van der Waals surface area contributed by atoms with E-state index in [-0.39, 0.29) is 5.97 Å². The van der Waals surface area contributed by atoms with Crippen molar-refractivity contribution in [2.75, 3.05) is 0 Å². The van der Waals surface area contributed by atoms with E-state index in [1.807, 2.05) is 36.5 Å². The number of esters is 1. The number of hydrogen-bond acceptors (Lipinski definition) is 3. The first-order valence-electron chi connectivity index (χ1n) is 8.41. The molecule has 2 unspecified atom stereocenters. The molecule has 126 valence electrons. The van der Waals surface area contributed by atoms with E-state index in [1.165, 1.54) is 0 Å². The van der Waals surface area contributed by atoms with Gasteiger partial charge in [-0.25, -0.2) is 0 Å². The summed E-state index contributed by atoms with van der Waals surface area (Å²) in [5, 5.41) is 10.1. The highest BCUT2D eigenvalue weighted by Crippen LogP contribution is 2.12. The summed E-state index contributed by atoms with van der Waals surface area (Å²) >= 11 is 0. The molecule has 0 saturated heterocycles.